The molecule has 3 heterocycles. The second kappa shape index (κ2) is 7.53. The topological polar surface area (TPSA) is 61.4 Å². The van der Waals surface area contributed by atoms with Gasteiger partial charge >= 0.3 is 5.69 Å². The molecule has 4 aromatic rings. The summed E-state index contributed by atoms with van der Waals surface area (Å²) in [5, 5.41) is 0.552. The smallest absolute Gasteiger partial charge is 0.331 e. The summed E-state index contributed by atoms with van der Waals surface area (Å²) in [7, 11) is 7.26. The normalized spacial score (nSPS) is 15.7. The molecule has 0 amide bonds. The van der Waals surface area contributed by atoms with Crippen molar-refractivity contribution in [2.45, 2.75) is 12.6 Å². The molecule has 1 aliphatic rings. The van der Waals surface area contributed by atoms with Crippen LogP contribution in [0.25, 0.3) is 22.2 Å². The second-order valence-corrected chi connectivity index (χ2v) is 8.42. The van der Waals surface area contributed by atoms with E-state index in [2.05, 4.69) is 28.8 Å². The number of ether oxygens (including phenoxy) is 1. The molecule has 2 aromatic carbocycles. The van der Waals surface area contributed by atoms with Crippen LogP contribution in [0, 0.1) is 0 Å². The molecule has 0 N–H and O–H groups in total. The summed E-state index contributed by atoms with van der Waals surface area (Å²) in [6.45, 7) is 1.13. The molecule has 5 rings (SSSR count). The molecule has 1 aliphatic heterocycles. The van der Waals surface area contributed by atoms with E-state index < -0.39 is 0 Å². The third-order valence-corrected chi connectivity index (χ3v) is 6.31. The zero-order valence-electron chi connectivity index (χ0n) is 18.7. The summed E-state index contributed by atoms with van der Waals surface area (Å²) in [5.74, 6) is 0. The molecule has 0 saturated heterocycles. The van der Waals surface area contributed by atoms with Crippen LogP contribution in [0.4, 0.5) is 5.69 Å². The van der Waals surface area contributed by atoms with E-state index in [1.54, 1.807) is 11.6 Å². The van der Waals surface area contributed by atoms with Crippen LogP contribution in [0.15, 0.2) is 64.2 Å². The van der Waals surface area contributed by atoms with Crippen molar-refractivity contribution in [3.8, 4) is 11.3 Å². The lowest BCUT2D eigenvalue weighted by Gasteiger charge is -2.28. The average Bonchev–Trinajstić information content (AvgIpc) is 3.17. The van der Waals surface area contributed by atoms with E-state index in [-0.39, 0.29) is 17.4 Å². The van der Waals surface area contributed by atoms with Crippen LogP contribution in [0.2, 0.25) is 0 Å². The van der Waals surface area contributed by atoms with Gasteiger partial charge < -0.3 is 14.2 Å². The van der Waals surface area contributed by atoms with E-state index in [9.17, 15) is 9.59 Å². The van der Waals surface area contributed by atoms with Gasteiger partial charge in [-0.1, -0.05) is 42.5 Å². The van der Waals surface area contributed by atoms with Crippen molar-refractivity contribution >= 4 is 16.6 Å². The third-order valence-electron chi connectivity index (χ3n) is 6.31. The zero-order valence-corrected chi connectivity index (χ0v) is 18.7. The Kier molecular flexibility index (Phi) is 4.78. The van der Waals surface area contributed by atoms with Crippen LogP contribution < -0.4 is 16.1 Å². The Bertz CT molecular complexity index is 1430. The highest BCUT2D eigenvalue weighted by atomic mass is 16.5. The van der Waals surface area contributed by atoms with Crippen LogP contribution in [0.5, 0.6) is 0 Å². The maximum atomic E-state index is 13.4. The van der Waals surface area contributed by atoms with Crippen molar-refractivity contribution in [2.75, 3.05) is 25.6 Å². The van der Waals surface area contributed by atoms with Gasteiger partial charge in [0, 0.05) is 40.4 Å². The van der Waals surface area contributed by atoms with Crippen LogP contribution in [-0.4, -0.2) is 34.4 Å². The van der Waals surface area contributed by atoms with E-state index in [0.29, 0.717) is 24.1 Å². The van der Waals surface area contributed by atoms with E-state index in [1.165, 1.54) is 11.6 Å². The number of aryl methyl sites for hydroxylation is 1. The third kappa shape index (κ3) is 2.92. The molecule has 2 aromatic heterocycles. The van der Waals surface area contributed by atoms with Gasteiger partial charge in [-0.05, 0) is 23.3 Å². The number of rotatable bonds is 3. The Balaban J connectivity index is 1.87. The first kappa shape index (κ1) is 20.3. The van der Waals surface area contributed by atoms with Crippen molar-refractivity contribution in [3.63, 3.8) is 0 Å². The summed E-state index contributed by atoms with van der Waals surface area (Å²) >= 11 is 0. The highest BCUT2D eigenvalue weighted by Crippen LogP contribution is 2.40. The van der Waals surface area contributed by atoms with Crippen LogP contribution >= 0.6 is 0 Å². The predicted molar refractivity (Wildman–Crippen MR) is 126 cm³/mol. The zero-order chi connectivity index (χ0) is 22.6. The second-order valence-electron chi connectivity index (χ2n) is 8.42. The molecule has 7 nitrogen and oxygen atoms in total. The van der Waals surface area contributed by atoms with Crippen LogP contribution in [0.1, 0.15) is 17.4 Å². The van der Waals surface area contributed by atoms with Crippen LogP contribution in [0.3, 0.4) is 0 Å². The van der Waals surface area contributed by atoms with Gasteiger partial charge in [0.05, 0.1) is 28.9 Å². The summed E-state index contributed by atoms with van der Waals surface area (Å²) < 4.78 is 11.2. The maximum Gasteiger partial charge on any atom is 0.331 e. The van der Waals surface area contributed by atoms with Crippen molar-refractivity contribution in [2.24, 2.45) is 14.1 Å². The lowest BCUT2D eigenvalue weighted by atomic mass is 10.0. The summed E-state index contributed by atoms with van der Waals surface area (Å²) in [4.78, 5) is 28.3. The minimum atomic E-state index is -0.377. The lowest BCUT2D eigenvalue weighted by molar-refractivity contribution is 0.0478. The molecule has 0 spiro atoms. The maximum absolute atomic E-state index is 13.4. The fourth-order valence-electron chi connectivity index (χ4n) is 4.68. The van der Waals surface area contributed by atoms with Crippen molar-refractivity contribution in [3.05, 3.63) is 86.7 Å². The van der Waals surface area contributed by atoms with Crippen molar-refractivity contribution in [1.29, 1.82) is 0 Å². The standard InChI is InChI=1S/C25H26N4O3/c1-26(2)18-12-10-17(11-13-18)23-22-21-19(24(30)28(4)25(31)27(21)3)20(29(22)14-15-32-23)16-8-6-5-7-9-16/h5-13,23H,14-15H2,1-4H3/t23-/m1/s1. The minimum absolute atomic E-state index is 0.287. The van der Waals surface area contributed by atoms with Crippen molar-refractivity contribution in [1.82, 2.24) is 13.7 Å². The molecule has 32 heavy (non-hydrogen) atoms. The van der Waals surface area contributed by atoms with E-state index in [4.69, 9.17) is 4.74 Å². The molecule has 0 aliphatic carbocycles. The Morgan fingerprint density at radius 1 is 0.938 bits per heavy atom. The predicted octanol–water partition coefficient (Wildman–Crippen LogP) is 2.89. The van der Waals surface area contributed by atoms with E-state index in [1.807, 2.05) is 49.3 Å². The van der Waals surface area contributed by atoms with Crippen molar-refractivity contribution < 1.29 is 4.74 Å². The number of nitrogens with zero attached hydrogens (tertiary/aromatic N) is 4. The molecular formula is C25H26N4O3. The van der Waals surface area contributed by atoms with Gasteiger partial charge in [0.1, 0.15) is 6.10 Å². The van der Waals surface area contributed by atoms with Gasteiger partial charge in [-0.2, -0.15) is 0 Å². The van der Waals surface area contributed by atoms with Gasteiger partial charge in [0.25, 0.3) is 5.56 Å². The largest absolute Gasteiger partial charge is 0.378 e. The van der Waals surface area contributed by atoms with Gasteiger partial charge in [0.15, 0.2) is 0 Å². The lowest BCUT2D eigenvalue weighted by Crippen LogP contribution is -2.37. The molecule has 0 unspecified atom stereocenters. The Labute approximate surface area is 185 Å². The molecule has 7 heteroatoms. The van der Waals surface area contributed by atoms with Gasteiger partial charge in [-0.3, -0.25) is 13.9 Å². The monoisotopic (exact) mass is 430 g/mol. The minimum Gasteiger partial charge on any atom is -0.378 e. The molecule has 1 atom stereocenters. The highest BCUT2D eigenvalue weighted by Gasteiger charge is 2.33. The Morgan fingerprint density at radius 2 is 1.62 bits per heavy atom. The first-order valence-corrected chi connectivity index (χ1v) is 10.7. The molecule has 0 radical (unpaired) electrons. The molecule has 0 fully saturated rings. The van der Waals surface area contributed by atoms with Gasteiger partial charge in [-0.25, -0.2) is 4.79 Å². The number of anilines is 1. The summed E-state index contributed by atoms with van der Waals surface area (Å²) in [6, 6.07) is 18.1. The molecular weight excluding hydrogens is 404 g/mol. The van der Waals surface area contributed by atoms with Gasteiger partial charge in [-0.15, -0.1) is 0 Å². The van der Waals surface area contributed by atoms with E-state index >= 15 is 0 Å². The summed E-state index contributed by atoms with van der Waals surface area (Å²) in [6.07, 6.45) is -0.377. The van der Waals surface area contributed by atoms with Gasteiger partial charge in [0.2, 0.25) is 0 Å². The fraction of sp³-hybridized carbons (Fsp3) is 0.280. The number of hydrogen-bond acceptors (Lipinski definition) is 4. The van der Waals surface area contributed by atoms with E-state index in [0.717, 1.165) is 28.2 Å². The molecule has 0 bridgehead atoms. The van der Waals surface area contributed by atoms with Crippen LogP contribution in [-0.2, 0) is 25.4 Å². The summed E-state index contributed by atoms with van der Waals surface area (Å²) in [5.41, 5.74) is 4.72. The number of benzene rings is 2. The highest BCUT2D eigenvalue weighted by molar-refractivity contribution is 5.96. The number of fused-ring (bicyclic) bond motifs is 3. The number of aromatic nitrogens is 3. The fourth-order valence-corrected chi connectivity index (χ4v) is 4.68. The quantitative estimate of drug-likeness (QED) is 0.502. The number of hydrogen-bond donors (Lipinski definition) is 0. The molecule has 0 saturated carbocycles. The SMILES string of the molecule is CN(C)c1ccc([C@H]2OCCn3c(-c4ccccc4)c4c(=O)n(C)c(=O)n(C)c4c32)cc1. The first-order chi connectivity index (χ1) is 15.4. The first-order valence-electron chi connectivity index (χ1n) is 10.7. The average molecular weight is 431 g/mol. The molecule has 164 valence electrons. The Hall–Kier alpha value is -3.58. The Morgan fingerprint density at radius 3 is 2.28 bits per heavy atom.